The molecule has 0 amide bonds. The number of nitro groups is 1. The molecule has 0 radical (unpaired) electrons. The van der Waals surface area contributed by atoms with Gasteiger partial charge in [-0.15, -0.1) is 0 Å². The second-order valence-electron chi connectivity index (χ2n) is 4.06. The molecule has 1 aromatic heterocycles. The summed E-state index contributed by atoms with van der Waals surface area (Å²) in [6.07, 6.45) is 1.61. The third-order valence-corrected chi connectivity index (χ3v) is 2.72. The Labute approximate surface area is 114 Å². The van der Waals surface area contributed by atoms with Gasteiger partial charge in [-0.05, 0) is 31.2 Å². The van der Waals surface area contributed by atoms with Gasteiger partial charge in [-0.25, -0.2) is 4.79 Å². The number of nitrogens with one attached hydrogen (secondary N) is 1. The normalized spacial score (nSPS) is 10.1. The lowest BCUT2D eigenvalue weighted by atomic mass is 10.1. The van der Waals surface area contributed by atoms with Gasteiger partial charge in [0, 0.05) is 12.3 Å². The Morgan fingerprint density at radius 2 is 2.10 bits per heavy atom. The van der Waals surface area contributed by atoms with E-state index in [1.807, 2.05) is 0 Å². The van der Waals surface area contributed by atoms with E-state index >= 15 is 0 Å². The van der Waals surface area contributed by atoms with E-state index in [2.05, 4.69) is 10.3 Å². The summed E-state index contributed by atoms with van der Waals surface area (Å²) in [5, 5.41) is 22.8. The molecule has 0 fully saturated rings. The monoisotopic (exact) mass is 273 g/mol. The molecule has 0 atom stereocenters. The standard InChI is InChI=1S/C13H11N3O4/c1-8-10(3-2-6-14-8)15-11-5-4-9(13(17)18)7-12(11)16(19)20/h2-7,15H,1H3,(H,17,18). The predicted molar refractivity (Wildman–Crippen MR) is 72.3 cm³/mol. The fraction of sp³-hybridized carbons (Fsp3) is 0.0769. The van der Waals surface area contributed by atoms with Gasteiger partial charge in [-0.2, -0.15) is 0 Å². The number of carboxylic acid groups (broad SMARTS) is 1. The molecule has 0 saturated carbocycles. The van der Waals surface area contributed by atoms with Crippen molar-refractivity contribution in [1.82, 2.24) is 4.98 Å². The van der Waals surface area contributed by atoms with Crippen LogP contribution in [0.5, 0.6) is 0 Å². The molecular formula is C13H11N3O4. The lowest BCUT2D eigenvalue weighted by Crippen LogP contribution is -2.02. The van der Waals surface area contributed by atoms with Gasteiger partial charge >= 0.3 is 5.97 Å². The van der Waals surface area contributed by atoms with Crippen LogP contribution in [0.4, 0.5) is 17.1 Å². The third-order valence-electron chi connectivity index (χ3n) is 2.72. The first-order valence-electron chi connectivity index (χ1n) is 5.69. The molecule has 1 aromatic carbocycles. The summed E-state index contributed by atoms with van der Waals surface area (Å²) in [5.41, 5.74) is 1.09. The van der Waals surface area contributed by atoms with E-state index in [4.69, 9.17) is 5.11 Å². The molecule has 0 aliphatic rings. The summed E-state index contributed by atoms with van der Waals surface area (Å²) in [7, 11) is 0. The highest BCUT2D eigenvalue weighted by Crippen LogP contribution is 2.29. The summed E-state index contributed by atoms with van der Waals surface area (Å²) < 4.78 is 0. The number of nitro benzene ring substituents is 1. The lowest BCUT2D eigenvalue weighted by Gasteiger charge is -2.09. The summed E-state index contributed by atoms with van der Waals surface area (Å²) in [6, 6.07) is 7.14. The third kappa shape index (κ3) is 2.72. The lowest BCUT2D eigenvalue weighted by molar-refractivity contribution is -0.383. The van der Waals surface area contributed by atoms with Crippen molar-refractivity contribution in [2.24, 2.45) is 0 Å². The van der Waals surface area contributed by atoms with E-state index in [0.717, 1.165) is 6.07 Å². The van der Waals surface area contributed by atoms with E-state index in [1.54, 1.807) is 25.3 Å². The number of aromatic carboxylic acids is 1. The number of hydrogen-bond acceptors (Lipinski definition) is 5. The minimum atomic E-state index is -1.21. The smallest absolute Gasteiger partial charge is 0.335 e. The molecule has 7 nitrogen and oxygen atoms in total. The molecule has 0 aliphatic heterocycles. The predicted octanol–water partition coefficient (Wildman–Crippen LogP) is 2.74. The number of hydrogen-bond donors (Lipinski definition) is 2. The molecule has 7 heteroatoms. The van der Waals surface area contributed by atoms with Crippen molar-refractivity contribution in [2.75, 3.05) is 5.32 Å². The average Bonchev–Trinajstić information content (AvgIpc) is 2.41. The molecule has 102 valence electrons. The molecule has 2 aromatic rings. The van der Waals surface area contributed by atoms with Crippen LogP contribution in [0.2, 0.25) is 0 Å². The minimum Gasteiger partial charge on any atom is -0.478 e. The van der Waals surface area contributed by atoms with Crippen LogP contribution in [-0.4, -0.2) is 21.0 Å². The molecule has 0 spiro atoms. The van der Waals surface area contributed by atoms with E-state index in [1.165, 1.54) is 12.1 Å². The molecule has 0 bridgehead atoms. The SMILES string of the molecule is Cc1ncccc1Nc1ccc(C(=O)O)cc1[N+](=O)[O-]. The summed E-state index contributed by atoms with van der Waals surface area (Å²) in [6.45, 7) is 1.76. The number of carboxylic acids is 1. The number of nitrogens with zero attached hydrogens (tertiary/aromatic N) is 2. The molecule has 1 heterocycles. The number of pyridine rings is 1. The Hall–Kier alpha value is -2.96. The van der Waals surface area contributed by atoms with Gasteiger partial charge < -0.3 is 10.4 Å². The molecule has 2 rings (SSSR count). The average molecular weight is 273 g/mol. The first-order valence-corrected chi connectivity index (χ1v) is 5.69. The highest BCUT2D eigenvalue weighted by molar-refractivity contribution is 5.90. The van der Waals surface area contributed by atoms with Crippen molar-refractivity contribution in [1.29, 1.82) is 0 Å². The van der Waals surface area contributed by atoms with Gasteiger partial charge in [-0.3, -0.25) is 15.1 Å². The van der Waals surface area contributed by atoms with Crippen LogP contribution >= 0.6 is 0 Å². The van der Waals surface area contributed by atoms with Crippen molar-refractivity contribution in [2.45, 2.75) is 6.92 Å². The summed E-state index contributed by atoms with van der Waals surface area (Å²) >= 11 is 0. The maximum Gasteiger partial charge on any atom is 0.335 e. The van der Waals surface area contributed by atoms with Crippen LogP contribution in [0.3, 0.4) is 0 Å². The minimum absolute atomic E-state index is 0.134. The Balaban J connectivity index is 2.44. The maximum atomic E-state index is 11.0. The number of aryl methyl sites for hydroxylation is 1. The quantitative estimate of drug-likeness (QED) is 0.655. The van der Waals surface area contributed by atoms with Gasteiger partial charge in [0.25, 0.3) is 5.69 Å². The Bertz CT molecular complexity index is 685. The Morgan fingerprint density at radius 3 is 2.70 bits per heavy atom. The van der Waals surface area contributed by atoms with Crippen LogP contribution in [-0.2, 0) is 0 Å². The second kappa shape index (κ2) is 5.35. The highest BCUT2D eigenvalue weighted by atomic mass is 16.6. The van der Waals surface area contributed by atoms with Crippen LogP contribution in [0, 0.1) is 17.0 Å². The van der Waals surface area contributed by atoms with Gasteiger partial charge in [-0.1, -0.05) is 0 Å². The topological polar surface area (TPSA) is 105 Å². The fourth-order valence-electron chi connectivity index (χ4n) is 1.68. The zero-order valence-electron chi connectivity index (χ0n) is 10.5. The second-order valence-corrected chi connectivity index (χ2v) is 4.06. The number of rotatable bonds is 4. The largest absolute Gasteiger partial charge is 0.478 e. The van der Waals surface area contributed by atoms with Gasteiger partial charge in [0.2, 0.25) is 0 Å². The molecule has 2 N–H and O–H groups in total. The van der Waals surface area contributed by atoms with Crippen LogP contribution < -0.4 is 5.32 Å². The molecular weight excluding hydrogens is 262 g/mol. The van der Waals surface area contributed by atoms with Crippen molar-refractivity contribution in [3.05, 3.63) is 57.9 Å². The summed E-state index contributed by atoms with van der Waals surface area (Å²) in [4.78, 5) is 25.3. The van der Waals surface area contributed by atoms with Crippen molar-refractivity contribution >= 4 is 23.0 Å². The number of benzene rings is 1. The molecule has 0 unspecified atom stereocenters. The zero-order chi connectivity index (χ0) is 14.7. The van der Waals surface area contributed by atoms with E-state index in [9.17, 15) is 14.9 Å². The Kier molecular flexibility index (Phi) is 3.60. The first-order chi connectivity index (χ1) is 9.49. The fourth-order valence-corrected chi connectivity index (χ4v) is 1.68. The number of anilines is 2. The zero-order valence-corrected chi connectivity index (χ0v) is 10.5. The number of carbonyl (C=O) groups is 1. The van der Waals surface area contributed by atoms with Crippen LogP contribution in [0.15, 0.2) is 36.5 Å². The summed E-state index contributed by atoms with van der Waals surface area (Å²) in [5.74, 6) is -1.21. The van der Waals surface area contributed by atoms with Crippen molar-refractivity contribution in [3.8, 4) is 0 Å². The van der Waals surface area contributed by atoms with Gasteiger partial charge in [0.05, 0.1) is 21.9 Å². The first kappa shape index (κ1) is 13.5. The van der Waals surface area contributed by atoms with Crippen molar-refractivity contribution < 1.29 is 14.8 Å². The molecule has 20 heavy (non-hydrogen) atoms. The van der Waals surface area contributed by atoms with Crippen LogP contribution in [0.1, 0.15) is 16.1 Å². The van der Waals surface area contributed by atoms with E-state index in [-0.39, 0.29) is 16.9 Å². The Morgan fingerprint density at radius 1 is 1.35 bits per heavy atom. The molecule has 0 saturated heterocycles. The van der Waals surface area contributed by atoms with Gasteiger partial charge in [0.15, 0.2) is 0 Å². The molecule has 0 aliphatic carbocycles. The maximum absolute atomic E-state index is 11.0. The van der Waals surface area contributed by atoms with E-state index < -0.39 is 10.9 Å². The highest BCUT2D eigenvalue weighted by Gasteiger charge is 2.17. The van der Waals surface area contributed by atoms with Crippen LogP contribution in [0.25, 0.3) is 0 Å². The van der Waals surface area contributed by atoms with E-state index in [0.29, 0.717) is 11.4 Å². The van der Waals surface area contributed by atoms with Gasteiger partial charge in [0.1, 0.15) is 5.69 Å². The van der Waals surface area contributed by atoms with Crippen molar-refractivity contribution in [3.63, 3.8) is 0 Å². The number of aromatic nitrogens is 1.